The number of rotatable bonds is 6. The molecule has 1 aliphatic heterocycles. The van der Waals surface area contributed by atoms with Crippen LogP contribution in [-0.2, 0) is 23.8 Å². The molecular weight excluding hydrogens is 316 g/mol. The van der Waals surface area contributed by atoms with Gasteiger partial charge in [0.1, 0.15) is 11.6 Å². The first kappa shape index (κ1) is 20.2. The molecule has 8 nitrogen and oxygen atoms in total. The highest BCUT2D eigenvalue weighted by molar-refractivity contribution is 5.86. The number of nitrogens with zero attached hydrogens (tertiary/aromatic N) is 1. The standard InChI is InChI=1S/C16H28N2O6/c1-11(13(19)17-8-10-22-5)23-14(20)12-7-6-9-18(12)15(21)24-16(2,3)4/h11-12H,6-10H2,1-5H3,(H,17,19)/t11-,12+/m1/s1. The van der Waals surface area contributed by atoms with E-state index in [0.29, 0.717) is 32.5 Å². The van der Waals surface area contributed by atoms with Crippen LogP contribution in [0.15, 0.2) is 0 Å². The van der Waals surface area contributed by atoms with Gasteiger partial charge in [-0.05, 0) is 40.5 Å². The average molecular weight is 344 g/mol. The number of hydrogen-bond acceptors (Lipinski definition) is 6. The number of nitrogens with one attached hydrogen (secondary N) is 1. The van der Waals surface area contributed by atoms with E-state index in [9.17, 15) is 14.4 Å². The van der Waals surface area contributed by atoms with Crippen molar-refractivity contribution in [3.63, 3.8) is 0 Å². The number of hydrogen-bond donors (Lipinski definition) is 1. The second kappa shape index (κ2) is 8.86. The minimum atomic E-state index is -0.935. The third-order valence-corrected chi connectivity index (χ3v) is 3.42. The maximum Gasteiger partial charge on any atom is 0.411 e. The molecule has 138 valence electrons. The van der Waals surface area contributed by atoms with Gasteiger partial charge in [0.05, 0.1) is 6.61 Å². The maximum absolute atomic E-state index is 12.3. The Kier molecular flexibility index (Phi) is 7.47. The molecule has 2 amide bonds. The molecule has 0 spiro atoms. The zero-order valence-electron chi connectivity index (χ0n) is 15.1. The Morgan fingerprint density at radius 1 is 1.29 bits per heavy atom. The van der Waals surface area contributed by atoms with Gasteiger partial charge in [-0.15, -0.1) is 0 Å². The highest BCUT2D eigenvalue weighted by Gasteiger charge is 2.38. The Hall–Kier alpha value is -1.83. The Labute approximate surface area is 142 Å². The number of carbonyl (C=O) groups is 3. The van der Waals surface area contributed by atoms with Crippen molar-refractivity contribution in [3.8, 4) is 0 Å². The number of methoxy groups -OCH3 is 1. The molecule has 0 saturated carbocycles. The average Bonchev–Trinajstić information content (AvgIpc) is 2.95. The van der Waals surface area contributed by atoms with Crippen molar-refractivity contribution < 1.29 is 28.6 Å². The maximum atomic E-state index is 12.3. The molecule has 1 aliphatic rings. The molecule has 0 aliphatic carbocycles. The van der Waals surface area contributed by atoms with Crippen LogP contribution >= 0.6 is 0 Å². The van der Waals surface area contributed by atoms with E-state index < -0.39 is 35.7 Å². The van der Waals surface area contributed by atoms with Crippen LogP contribution in [-0.4, -0.2) is 67.4 Å². The highest BCUT2D eigenvalue weighted by atomic mass is 16.6. The summed E-state index contributed by atoms with van der Waals surface area (Å²) in [6.07, 6.45) is -0.293. The lowest BCUT2D eigenvalue weighted by molar-refractivity contribution is -0.158. The summed E-state index contributed by atoms with van der Waals surface area (Å²) in [5, 5.41) is 2.60. The van der Waals surface area contributed by atoms with Crippen molar-refractivity contribution in [1.82, 2.24) is 10.2 Å². The summed E-state index contributed by atoms with van der Waals surface area (Å²) in [4.78, 5) is 37.7. The largest absolute Gasteiger partial charge is 0.451 e. The Bertz CT molecular complexity index is 460. The van der Waals surface area contributed by atoms with E-state index in [1.165, 1.54) is 18.9 Å². The normalized spacial score (nSPS) is 18.9. The van der Waals surface area contributed by atoms with E-state index in [0.717, 1.165) is 0 Å². The number of amides is 2. The highest BCUT2D eigenvalue weighted by Crippen LogP contribution is 2.22. The van der Waals surface area contributed by atoms with Crippen LogP contribution < -0.4 is 5.32 Å². The van der Waals surface area contributed by atoms with E-state index >= 15 is 0 Å². The summed E-state index contributed by atoms with van der Waals surface area (Å²) in [6.45, 7) is 7.93. The van der Waals surface area contributed by atoms with Crippen molar-refractivity contribution in [2.45, 2.75) is 58.3 Å². The Balaban J connectivity index is 2.56. The van der Waals surface area contributed by atoms with Crippen molar-refractivity contribution in [2.75, 3.05) is 26.8 Å². The van der Waals surface area contributed by atoms with E-state index in [4.69, 9.17) is 14.2 Å². The van der Waals surface area contributed by atoms with Gasteiger partial charge in [0.15, 0.2) is 6.10 Å². The van der Waals surface area contributed by atoms with Crippen LogP contribution in [0.4, 0.5) is 4.79 Å². The van der Waals surface area contributed by atoms with Crippen LogP contribution in [0, 0.1) is 0 Å². The van der Waals surface area contributed by atoms with Crippen LogP contribution in [0.5, 0.6) is 0 Å². The van der Waals surface area contributed by atoms with Crippen molar-refractivity contribution in [1.29, 1.82) is 0 Å². The predicted molar refractivity (Wildman–Crippen MR) is 86.4 cm³/mol. The lowest BCUT2D eigenvalue weighted by Gasteiger charge is -2.28. The molecule has 0 aromatic heterocycles. The summed E-state index contributed by atoms with van der Waals surface area (Å²) < 4.78 is 15.3. The van der Waals surface area contributed by atoms with Gasteiger partial charge in [-0.2, -0.15) is 0 Å². The summed E-state index contributed by atoms with van der Waals surface area (Å²) >= 11 is 0. The van der Waals surface area contributed by atoms with Crippen LogP contribution in [0.3, 0.4) is 0 Å². The van der Waals surface area contributed by atoms with Crippen molar-refractivity contribution in [3.05, 3.63) is 0 Å². The second-order valence-electron chi connectivity index (χ2n) is 6.69. The zero-order chi connectivity index (χ0) is 18.3. The first-order valence-electron chi connectivity index (χ1n) is 8.12. The fraction of sp³-hybridized carbons (Fsp3) is 0.812. The van der Waals surface area contributed by atoms with E-state index in [1.807, 2.05) is 0 Å². The first-order valence-corrected chi connectivity index (χ1v) is 8.12. The number of likely N-dealkylation sites (tertiary alicyclic amines) is 1. The lowest BCUT2D eigenvalue weighted by atomic mass is 10.2. The van der Waals surface area contributed by atoms with Gasteiger partial charge >= 0.3 is 12.1 Å². The first-order chi connectivity index (χ1) is 11.2. The molecule has 0 bridgehead atoms. The SMILES string of the molecule is COCCNC(=O)[C@@H](C)OC(=O)[C@@H]1CCCN1C(=O)OC(C)(C)C. The Morgan fingerprint density at radius 2 is 1.96 bits per heavy atom. The number of ether oxygens (including phenoxy) is 3. The minimum Gasteiger partial charge on any atom is -0.451 e. The minimum absolute atomic E-state index is 0.338. The van der Waals surface area contributed by atoms with Crippen molar-refractivity contribution in [2.24, 2.45) is 0 Å². The Morgan fingerprint density at radius 3 is 2.54 bits per heavy atom. The number of carbonyl (C=O) groups excluding carboxylic acids is 3. The third kappa shape index (κ3) is 6.35. The van der Waals surface area contributed by atoms with Gasteiger partial charge in [-0.1, -0.05) is 0 Å². The molecule has 24 heavy (non-hydrogen) atoms. The van der Waals surface area contributed by atoms with Gasteiger partial charge in [0, 0.05) is 20.2 Å². The summed E-state index contributed by atoms with van der Waals surface area (Å²) in [6, 6.07) is -0.714. The monoisotopic (exact) mass is 344 g/mol. The molecular formula is C16H28N2O6. The van der Waals surface area contributed by atoms with E-state index in [2.05, 4.69) is 5.32 Å². The summed E-state index contributed by atoms with van der Waals surface area (Å²) in [7, 11) is 1.53. The molecule has 0 radical (unpaired) electrons. The third-order valence-electron chi connectivity index (χ3n) is 3.42. The molecule has 1 saturated heterocycles. The molecule has 1 heterocycles. The van der Waals surface area contributed by atoms with E-state index in [1.54, 1.807) is 20.8 Å². The molecule has 0 aromatic rings. The van der Waals surface area contributed by atoms with Crippen LogP contribution in [0.2, 0.25) is 0 Å². The topological polar surface area (TPSA) is 94.2 Å². The fourth-order valence-electron chi connectivity index (χ4n) is 2.28. The van der Waals surface area contributed by atoms with Gasteiger partial charge < -0.3 is 19.5 Å². The molecule has 1 fully saturated rings. The number of esters is 1. The predicted octanol–water partition coefficient (Wildman–Crippen LogP) is 1.08. The van der Waals surface area contributed by atoms with Crippen molar-refractivity contribution >= 4 is 18.0 Å². The second-order valence-corrected chi connectivity index (χ2v) is 6.69. The van der Waals surface area contributed by atoms with Gasteiger partial charge in [0.25, 0.3) is 5.91 Å². The van der Waals surface area contributed by atoms with Crippen LogP contribution in [0.1, 0.15) is 40.5 Å². The van der Waals surface area contributed by atoms with Crippen LogP contribution in [0.25, 0.3) is 0 Å². The summed E-state index contributed by atoms with van der Waals surface area (Å²) in [5.74, 6) is -0.991. The zero-order valence-corrected chi connectivity index (χ0v) is 15.1. The molecule has 8 heteroatoms. The molecule has 1 N–H and O–H groups in total. The molecule has 0 unspecified atom stereocenters. The van der Waals surface area contributed by atoms with Gasteiger partial charge in [-0.25, -0.2) is 9.59 Å². The molecule has 0 aromatic carbocycles. The van der Waals surface area contributed by atoms with Gasteiger partial charge in [0.2, 0.25) is 0 Å². The molecule has 2 atom stereocenters. The molecule has 1 rings (SSSR count). The smallest absolute Gasteiger partial charge is 0.411 e. The van der Waals surface area contributed by atoms with Gasteiger partial charge in [-0.3, -0.25) is 9.69 Å². The fourth-order valence-corrected chi connectivity index (χ4v) is 2.28. The quantitative estimate of drug-likeness (QED) is 0.572. The summed E-state index contributed by atoms with van der Waals surface area (Å²) in [5.41, 5.74) is -0.636. The van der Waals surface area contributed by atoms with E-state index in [-0.39, 0.29) is 0 Å². The lowest BCUT2D eigenvalue weighted by Crippen LogP contribution is -2.46.